The fraction of sp³-hybridized carbons (Fsp3) is 0.308. The SMILES string of the molecule is Cn1cc([N+](=O)[O-])c(N(CCN)Cc2ccccc2)n1. The molecule has 0 radical (unpaired) electrons. The molecule has 1 heterocycles. The lowest BCUT2D eigenvalue weighted by molar-refractivity contribution is -0.384. The monoisotopic (exact) mass is 275 g/mol. The first kappa shape index (κ1) is 14.0. The van der Waals surface area contributed by atoms with Gasteiger partial charge in [0.25, 0.3) is 0 Å². The summed E-state index contributed by atoms with van der Waals surface area (Å²) in [5.41, 5.74) is 6.66. The van der Waals surface area contributed by atoms with E-state index in [1.165, 1.54) is 10.9 Å². The standard InChI is InChI=1S/C13H17N5O2/c1-16-10-12(18(19)20)13(15-16)17(8-7-14)9-11-5-3-2-4-6-11/h2-6,10H,7-9,14H2,1H3. The van der Waals surface area contributed by atoms with E-state index in [9.17, 15) is 10.1 Å². The van der Waals surface area contributed by atoms with E-state index in [1.807, 2.05) is 35.2 Å². The van der Waals surface area contributed by atoms with Crippen LogP contribution in [0.1, 0.15) is 5.56 Å². The summed E-state index contributed by atoms with van der Waals surface area (Å²) in [4.78, 5) is 12.5. The van der Waals surface area contributed by atoms with E-state index < -0.39 is 4.92 Å². The quantitative estimate of drug-likeness (QED) is 0.633. The molecule has 0 aliphatic carbocycles. The first-order valence-corrected chi connectivity index (χ1v) is 6.28. The Balaban J connectivity index is 2.31. The molecule has 20 heavy (non-hydrogen) atoms. The molecule has 0 atom stereocenters. The molecule has 0 fully saturated rings. The number of nitrogens with two attached hydrogens (primary N) is 1. The maximum absolute atomic E-state index is 11.1. The molecule has 0 spiro atoms. The van der Waals surface area contributed by atoms with Crippen molar-refractivity contribution in [3.8, 4) is 0 Å². The normalized spacial score (nSPS) is 10.5. The molecule has 0 amide bonds. The zero-order valence-corrected chi connectivity index (χ0v) is 11.3. The van der Waals surface area contributed by atoms with Gasteiger partial charge in [0.2, 0.25) is 5.82 Å². The Labute approximate surface area is 116 Å². The topological polar surface area (TPSA) is 90.2 Å². The molecule has 0 saturated carbocycles. The van der Waals surface area contributed by atoms with Gasteiger partial charge in [-0.3, -0.25) is 14.8 Å². The van der Waals surface area contributed by atoms with Gasteiger partial charge in [0, 0.05) is 26.7 Å². The van der Waals surface area contributed by atoms with Crippen molar-refractivity contribution < 1.29 is 4.92 Å². The Morgan fingerprint density at radius 2 is 2.10 bits per heavy atom. The van der Waals surface area contributed by atoms with Gasteiger partial charge in [0.05, 0.1) is 4.92 Å². The van der Waals surface area contributed by atoms with Crippen molar-refractivity contribution in [2.24, 2.45) is 12.8 Å². The highest BCUT2D eigenvalue weighted by molar-refractivity contribution is 5.57. The van der Waals surface area contributed by atoms with Crippen LogP contribution in [-0.4, -0.2) is 27.8 Å². The van der Waals surface area contributed by atoms with Gasteiger partial charge in [-0.25, -0.2) is 0 Å². The van der Waals surface area contributed by atoms with Gasteiger partial charge < -0.3 is 10.6 Å². The van der Waals surface area contributed by atoms with Gasteiger partial charge in [-0.15, -0.1) is 5.10 Å². The molecule has 0 aliphatic heterocycles. The molecule has 1 aromatic heterocycles. The molecule has 2 aromatic rings. The number of anilines is 1. The first-order valence-electron chi connectivity index (χ1n) is 6.28. The molecule has 0 unspecified atom stereocenters. The molecule has 7 heteroatoms. The second-order valence-corrected chi connectivity index (χ2v) is 4.46. The number of benzene rings is 1. The summed E-state index contributed by atoms with van der Waals surface area (Å²) in [6.45, 7) is 1.45. The van der Waals surface area contributed by atoms with E-state index in [-0.39, 0.29) is 5.69 Å². The third-order valence-electron chi connectivity index (χ3n) is 2.90. The van der Waals surface area contributed by atoms with Gasteiger partial charge in [-0.2, -0.15) is 0 Å². The number of hydrogen-bond acceptors (Lipinski definition) is 5. The van der Waals surface area contributed by atoms with Crippen molar-refractivity contribution in [2.45, 2.75) is 6.54 Å². The minimum Gasteiger partial charge on any atom is -0.344 e. The van der Waals surface area contributed by atoms with Crippen molar-refractivity contribution in [2.75, 3.05) is 18.0 Å². The predicted octanol–water partition coefficient (Wildman–Crippen LogP) is 1.29. The summed E-state index contributed by atoms with van der Waals surface area (Å²) in [6, 6.07) is 9.74. The summed E-state index contributed by atoms with van der Waals surface area (Å²) < 4.78 is 1.45. The Kier molecular flexibility index (Phi) is 4.31. The summed E-state index contributed by atoms with van der Waals surface area (Å²) in [5.74, 6) is 0.354. The minimum atomic E-state index is -0.420. The van der Waals surface area contributed by atoms with Crippen LogP contribution in [0.5, 0.6) is 0 Å². The number of rotatable bonds is 6. The summed E-state index contributed by atoms with van der Waals surface area (Å²) in [5, 5.41) is 15.3. The molecular formula is C13H17N5O2. The van der Waals surface area contributed by atoms with Crippen molar-refractivity contribution >= 4 is 11.5 Å². The third-order valence-corrected chi connectivity index (χ3v) is 2.90. The lowest BCUT2D eigenvalue weighted by Gasteiger charge is -2.21. The maximum atomic E-state index is 11.1. The number of aromatic nitrogens is 2. The summed E-state index contributed by atoms with van der Waals surface area (Å²) in [6.07, 6.45) is 1.41. The van der Waals surface area contributed by atoms with Gasteiger partial charge >= 0.3 is 5.69 Å². The molecule has 0 aliphatic rings. The van der Waals surface area contributed by atoms with Crippen LogP contribution in [0.3, 0.4) is 0 Å². The van der Waals surface area contributed by atoms with E-state index >= 15 is 0 Å². The first-order chi connectivity index (χ1) is 9.61. The molecule has 2 N–H and O–H groups in total. The van der Waals surface area contributed by atoms with Crippen molar-refractivity contribution in [1.29, 1.82) is 0 Å². The fourth-order valence-electron chi connectivity index (χ4n) is 2.04. The van der Waals surface area contributed by atoms with Crippen LogP contribution < -0.4 is 10.6 Å². The second kappa shape index (κ2) is 6.16. The fourth-order valence-corrected chi connectivity index (χ4v) is 2.04. The highest BCUT2D eigenvalue weighted by Crippen LogP contribution is 2.26. The highest BCUT2D eigenvalue weighted by Gasteiger charge is 2.23. The third kappa shape index (κ3) is 3.12. The van der Waals surface area contributed by atoms with Gasteiger partial charge in [0.15, 0.2) is 0 Å². The van der Waals surface area contributed by atoms with E-state index in [0.29, 0.717) is 25.5 Å². The maximum Gasteiger partial charge on any atom is 0.330 e. The Morgan fingerprint density at radius 3 is 2.70 bits per heavy atom. The minimum absolute atomic E-state index is 0.00289. The van der Waals surface area contributed by atoms with Crippen LogP contribution in [0, 0.1) is 10.1 Å². The van der Waals surface area contributed by atoms with Crippen molar-refractivity contribution in [1.82, 2.24) is 9.78 Å². The van der Waals surface area contributed by atoms with Crippen LogP contribution in [0.2, 0.25) is 0 Å². The molecule has 2 rings (SSSR count). The number of nitrogens with zero attached hydrogens (tertiary/aromatic N) is 4. The Morgan fingerprint density at radius 1 is 1.40 bits per heavy atom. The van der Waals surface area contributed by atoms with E-state index in [2.05, 4.69) is 5.10 Å². The van der Waals surface area contributed by atoms with Gasteiger partial charge in [0.1, 0.15) is 6.20 Å². The molecule has 7 nitrogen and oxygen atoms in total. The van der Waals surface area contributed by atoms with Gasteiger partial charge in [-0.1, -0.05) is 30.3 Å². The van der Waals surface area contributed by atoms with Crippen LogP contribution in [-0.2, 0) is 13.6 Å². The zero-order valence-electron chi connectivity index (χ0n) is 11.3. The lowest BCUT2D eigenvalue weighted by Crippen LogP contribution is -2.29. The summed E-state index contributed by atoms with van der Waals surface area (Å²) >= 11 is 0. The smallest absolute Gasteiger partial charge is 0.330 e. The van der Waals surface area contributed by atoms with Crippen LogP contribution in [0.25, 0.3) is 0 Å². The van der Waals surface area contributed by atoms with Crippen molar-refractivity contribution in [3.63, 3.8) is 0 Å². The molecule has 1 aromatic carbocycles. The summed E-state index contributed by atoms with van der Waals surface area (Å²) in [7, 11) is 1.67. The van der Waals surface area contributed by atoms with Crippen LogP contribution >= 0.6 is 0 Å². The number of aryl methyl sites for hydroxylation is 1. The largest absolute Gasteiger partial charge is 0.344 e. The van der Waals surface area contributed by atoms with Crippen molar-refractivity contribution in [3.05, 3.63) is 52.2 Å². The number of nitro groups is 1. The highest BCUT2D eigenvalue weighted by atomic mass is 16.6. The average molecular weight is 275 g/mol. The zero-order chi connectivity index (χ0) is 14.5. The lowest BCUT2D eigenvalue weighted by atomic mass is 10.2. The molecule has 0 saturated heterocycles. The Hall–Kier alpha value is -2.41. The predicted molar refractivity (Wildman–Crippen MR) is 76.4 cm³/mol. The van der Waals surface area contributed by atoms with Gasteiger partial charge in [-0.05, 0) is 5.56 Å². The van der Waals surface area contributed by atoms with E-state index in [1.54, 1.807) is 7.05 Å². The molecular weight excluding hydrogens is 258 g/mol. The average Bonchev–Trinajstić information content (AvgIpc) is 2.82. The van der Waals surface area contributed by atoms with Crippen LogP contribution in [0.4, 0.5) is 11.5 Å². The van der Waals surface area contributed by atoms with E-state index in [4.69, 9.17) is 5.73 Å². The van der Waals surface area contributed by atoms with E-state index in [0.717, 1.165) is 5.56 Å². The molecule has 106 valence electrons. The van der Waals surface area contributed by atoms with Crippen LogP contribution in [0.15, 0.2) is 36.5 Å². The molecule has 0 bridgehead atoms. The Bertz CT molecular complexity index is 582. The number of hydrogen-bond donors (Lipinski definition) is 1. The second-order valence-electron chi connectivity index (χ2n) is 4.46.